The van der Waals surface area contributed by atoms with Crippen molar-refractivity contribution in [1.29, 1.82) is 0 Å². The zero-order valence-corrected chi connectivity index (χ0v) is 10.6. The number of hydrogen-bond donors (Lipinski definition) is 2. The molecule has 0 unspecified atom stereocenters. The molecule has 0 radical (unpaired) electrons. The van der Waals surface area contributed by atoms with Gasteiger partial charge < -0.3 is 16.2 Å². The van der Waals surface area contributed by atoms with Crippen LogP contribution in [0.4, 0.5) is 14.5 Å². The lowest BCUT2D eigenvalue weighted by Gasteiger charge is -2.33. The first kappa shape index (κ1) is 12.5. The first-order valence-electron chi connectivity index (χ1n) is 5.81. The Morgan fingerprint density at radius 3 is 2.84 bits per heavy atom. The summed E-state index contributed by atoms with van der Waals surface area (Å²) in [6, 6.07) is 4.26. The summed E-state index contributed by atoms with van der Waals surface area (Å²) in [4.78, 5) is 3.89. The van der Waals surface area contributed by atoms with Crippen LogP contribution < -0.4 is 11.5 Å². The Kier molecular flexibility index (Phi) is 2.60. The van der Waals surface area contributed by atoms with Gasteiger partial charge >= 0.3 is 0 Å². The van der Waals surface area contributed by atoms with Gasteiger partial charge in [-0.1, -0.05) is 11.6 Å². The summed E-state index contributed by atoms with van der Waals surface area (Å²) >= 11 is 6.05. The van der Waals surface area contributed by atoms with Crippen molar-refractivity contribution in [2.45, 2.75) is 24.5 Å². The summed E-state index contributed by atoms with van der Waals surface area (Å²) in [5.74, 6) is -0.418. The lowest BCUT2D eigenvalue weighted by molar-refractivity contribution is 0.0197. The summed E-state index contributed by atoms with van der Waals surface area (Å²) < 4.78 is 32.6. The molecule has 1 aliphatic heterocycles. The Labute approximate surface area is 113 Å². The molecule has 1 saturated carbocycles. The van der Waals surface area contributed by atoms with Crippen LogP contribution in [0.1, 0.15) is 12.0 Å². The van der Waals surface area contributed by atoms with E-state index in [0.29, 0.717) is 12.1 Å². The molecule has 1 aromatic carbocycles. The molecule has 0 spiro atoms. The number of alkyl halides is 2. The van der Waals surface area contributed by atoms with Crippen molar-refractivity contribution in [3.05, 3.63) is 28.8 Å². The Morgan fingerprint density at radius 1 is 1.42 bits per heavy atom. The maximum atomic E-state index is 13.7. The molecule has 7 heteroatoms. The van der Waals surface area contributed by atoms with Gasteiger partial charge in [0, 0.05) is 22.2 Å². The van der Waals surface area contributed by atoms with Gasteiger partial charge in [0.2, 0.25) is 0 Å². The largest absolute Gasteiger partial charge is 0.462 e. The molecule has 1 fully saturated rings. The number of fused-ring (bicyclic) bond motifs is 1. The number of amidine groups is 1. The van der Waals surface area contributed by atoms with E-state index < -0.39 is 17.9 Å². The number of benzene rings is 1. The maximum Gasteiger partial charge on any atom is 0.283 e. The van der Waals surface area contributed by atoms with Crippen LogP contribution in [0.3, 0.4) is 0 Å². The predicted octanol–water partition coefficient (Wildman–Crippen LogP) is 2.12. The van der Waals surface area contributed by atoms with Crippen LogP contribution in [0.25, 0.3) is 0 Å². The molecule has 1 aromatic rings. The van der Waals surface area contributed by atoms with Gasteiger partial charge in [0.15, 0.2) is 5.54 Å². The number of rotatable bonds is 2. The average molecular weight is 288 g/mol. The van der Waals surface area contributed by atoms with E-state index in [9.17, 15) is 8.78 Å². The van der Waals surface area contributed by atoms with Crippen molar-refractivity contribution in [2.24, 2.45) is 16.6 Å². The van der Waals surface area contributed by atoms with Crippen LogP contribution in [0, 0.1) is 5.92 Å². The minimum atomic E-state index is -2.73. The number of hydrogen-bond acceptors (Lipinski definition) is 4. The fourth-order valence-corrected chi connectivity index (χ4v) is 2.92. The molecule has 19 heavy (non-hydrogen) atoms. The molecule has 0 aromatic heterocycles. The van der Waals surface area contributed by atoms with Crippen molar-refractivity contribution >= 4 is 23.3 Å². The third kappa shape index (κ3) is 1.74. The molecular weight excluding hydrogens is 276 g/mol. The van der Waals surface area contributed by atoms with E-state index in [4.69, 9.17) is 27.8 Å². The first-order chi connectivity index (χ1) is 8.95. The Balaban J connectivity index is 2.21. The van der Waals surface area contributed by atoms with Crippen LogP contribution in [-0.4, -0.2) is 18.6 Å². The molecule has 2 aliphatic rings. The Morgan fingerprint density at radius 2 is 2.16 bits per heavy atom. The molecular formula is C12H12ClF2N3O. The van der Waals surface area contributed by atoms with Gasteiger partial charge in [-0.25, -0.2) is 13.8 Å². The molecule has 0 amide bonds. The fourth-order valence-electron chi connectivity index (χ4n) is 2.65. The summed E-state index contributed by atoms with van der Waals surface area (Å²) in [7, 11) is 0. The van der Waals surface area contributed by atoms with E-state index >= 15 is 0 Å². The van der Waals surface area contributed by atoms with E-state index in [1.165, 1.54) is 12.1 Å². The van der Waals surface area contributed by atoms with Gasteiger partial charge in [-0.2, -0.15) is 0 Å². The standard InChI is InChI=1S/C12H12ClF2N3O/c13-8-2-1-5(16)3-6(8)12(10(14)15)7-4-9(7)19-11(17)18-12/h1-3,7,9-10H,4,16H2,(H2,17,18)/t7-,9+,12+/m0/s1. The second kappa shape index (κ2) is 3.96. The minimum Gasteiger partial charge on any atom is -0.462 e. The average Bonchev–Trinajstić information content (AvgIpc) is 3.10. The van der Waals surface area contributed by atoms with Crippen molar-refractivity contribution in [3.8, 4) is 0 Å². The SMILES string of the molecule is NC1=N[C@@](c2cc(N)ccc2Cl)(C(F)F)[C@H]2C[C@H]2O1. The molecule has 4 nitrogen and oxygen atoms in total. The Hall–Kier alpha value is -1.56. The number of nitrogen functional groups attached to an aromatic ring is 1. The highest BCUT2D eigenvalue weighted by atomic mass is 35.5. The first-order valence-corrected chi connectivity index (χ1v) is 6.18. The monoisotopic (exact) mass is 287 g/mol. The summed E-state index contributed by atoms with van der Waals surface area (Å²) in [6.45, 7) is 0. The lowest BCUT2D eigenvalue weighted by atomic mass is 9.85. The van der Waals surface area contributed by atoms with Crippen molar-refractivity contribution in [3.63, 3.8) is 0 Å². The zero-order valence-electron chi connectivity index (χ0n) is 9.82. The van der Waals surface area contributed by atoms with Crippen molar-refractivity contribution in [1.82, 2.24) is 0 Å². The van der Waals surface area contributed by atoms with Gasteiger partial charge in [0.1, 0.15) is 6.10 Å². The molecule has 4 N–H and O–H groups in total. The number of halogens is 3. The van der Waals surface area contributed by atoms with Gasteiger partial charge in [0.25, 0.3) is 12.4 Å². The number of ether oxygens (including phenoxy) is 1. The van der Waals surface area contributed by atoms with Gasteiger partial charge in [-0.15, -0.1) is 0 Å². The second-order valence-corrected chi connectivity index (χ2v) is 5.22. The minimum absolute atomic E-state index is 0.207. The molecule has 3 atom stereocenters. The fraction of sp³-hybridized carbons (Fsp3) is 0.417. The number of nitrogens with two attached hydrogens (primary N) is 2. The van der Waals surface area contributed by atoms with Gasteiger partial charge in [-0.3, -0.25) is 0 Å². The van der Waals surface area contributed by atoms with Crippen LogP contribution in [0.2, 0.25) is 5.02 Å². The lowest BCUT2D eigenvalue weighted by Crippen LogP contribution is -2.43. The molecule has 3 rings (SSSR count). The molecule has 0 bridgehead atoms. The van der Waals surface area contributed by atoms with Crippen LogP contribution in [-0.2, 0) is 10.3 Å². The van der Waals surface area contributed by atoms with E-state index in [1.54, 1.807) is 6.07 Å². The normalized spacial score (nSPS) is 32.5. The highest BCUT2D eigenvalue weighted by molar-refractivity contribution is 6.31. The molecule has 102 valence electrons. The van der Waals surface area contributed by atoms with Crippen LogP contribution in [0.5, 0.6) is 0 Å². The third-order valence-corrected chi connectivity index (χ3v) is 3.95. The third-order valence-electron chi connectivity index (χ3n) is 3.62. The number of nitrogens with zero attached hydrogens (tertiary/aromatic N) is 1. The smallest absolute Gasteiger partial charge is 0.283 e. The second-order valence-electron chi connectivity index (χ2n) is 4.81. The zero-order chi connectivity index (χ0) is 13.8. The molecule has 1 aliphatic carbocycles. The highest BCUT2D eigenvalue weighted by Gasteiger charge is 2.64. The number of anilines is 1. The summed E-state index contributed by atoms with van der Waals surface area (Å²) in [5, 5.41) is 0.207. The topological polar surface area (TPSA) is 73.6 Å². The number of aliphatic imine (C=N–C) groups is 1. The van der Waals surface area contributed by atoms with E-state index in [-0.39, 0.29) is 22.7 Å². The molecule has 1 heterocycles. The Bertz CT molecular complexity index is 566. The van der Waals surface area contributed by atoms with Gasteiger partial charge in [-0.05, 0) is 24.6 Å². The van der Waals surface area contributed by atoms with Crippen molar-refractivity contribution in [2.75, 3.05) is 5.73 Å². The summed E-state index contributed by atoms with van der Waals surface area (Å²) in [5.41, 5.74) is 10.0. The summed E-state index contributed by atoms with van der Waals surface area (Å²) in [6.07, 6.45) is -2.56. The van der Waals surface area contributed by atoms with Crippen LogP contribution >= 0.6 is 11.6 Å². The van der Waals surface area contributed by atoms with Crippen LogP contribution in [0.15, 0.2) is 23.2 Å². The van der Waals surface area contributed by atoms with E-state index in [2.05, 4.69) is 4.99 Å². The maximum absolute atomic E-state index is 13.7. The predicted molar refractivity (Wildman–Crippen MR) is 68.1 cm³/mol. The van der Waals surface area contributed by atoms with Crippen molar-refractivity contribution < 1.29 is 13.5 Å². The molecule has 0 saturated heterocycles. The highest BCUT2D eigenvalue weighted by Crippen LogP contribution is 2.56. The quantitative estimate of drug-likeness (QED) is 0.818. The van der Waals surface area contributed by atoms with E-state index in [1.807, 2.05) is 0 Å². The van der Waals surface area contributed by atoms with E-state index in [0.717, 1.165) is 0 Å². The van der Waals surface area contributed by atoms with Gasteiger partial charge in [0.05, 0.1) is 0 Å².